The van der Waals surface area contributed by atoms with Crippen LogP contribution in [0.2, 0.25) is 5.02 Å². The van der Waals surface area contributed by atoms with Crippen LogP contribution in [0, 0.1) is 0 Å². The summed E-state index contributed by atoms with van der Waals surface area (Å²) in [7, 11) is -3.63. The molecule has 0 spiro atoms. The Morgan fingerprint density at radius 1 is 1.05 bits per heavy atom. The summed E-state index contributed by atoms with van der Waals surface area (Å²) in [4.78, 5) is 24.8. The summed E-state index contributed by atoms with van der Waals surface area (Å²) >= 11 is 6.35. The Hall–Kier alpha value is -2.50. The number of hydrogen-bond acceptors (Lipinski definition) is 5. The van der Waals surface area contributed by atoms with E-state index < -0.39 is 10.2 Å². The summed E-state index contributed by atoms with van der Waals surface area (Å²) in [5.41, 5.74) is 2.93. The molecule has 3 atom stereocenters. The van der Waals surface area contributed by atoms with Gasteiger partial charge in [-0.3, -0.25) is 9.59 Å². The molecule has 0 unspecified atom stereocenters. The Morgan fingerprint density at radius 3 is 2.38 bits per heavy atom. The molecule has 0 radical (unpaired) electrons. The highest BCUT2D eigenvalue weighted by molar-refractivity contribution is 7.86. The number of hydrogen-bond donors (Lipinski definition) is 3. The van der Waals surface area contributed by atoms with Crippen molar-refractivity contribution in [2.24, 2.45) is 0 Å². The molecule has 9 nitrogen and oxygen atoms in total. The van der Waals surface area contributed by atoms with Crippen molar-refractivity contribution in [1.29, 1.82) is 0 Å². The molecule has 0 bridgehead atoms. The lowest BCUT2D eigenvalue weighted by atomic mass is 9.95. The van der Waals surface area contributed by atoms with E-state index in [-0.39, 0.29) is 47.4 Å². The number of carbonyl (C=O) groups is 2. The number of carbonyl (C=O) groups excluding carboxylic acids is 2. The predicted molar refractivity (Wildman–Crippen MR) is 152 cm³/mol. The minimum Gasteiger partial charge on any atom is -0.349 e. The van der Waals surface area contributed by atoms with Crippen LogP contribution in [0.3, 0.4) is 0 Å². The molecule has 2 aromatic rings. The standard InChI is InChI=1S/C28H36ClN5O4S/c1-18-12-23(31-28(36)24-14-21-15-27(35)32-26(21)16-25(24)29)13-19(2)34(18)39(37,38)33-10-8-22(9-11-33)30-17-20-6-4-3-5-7-20/h3-7,14,16,18-19,22-23,30H,8-13,15,17H2,1-2H3,(H,31,36)(H,32,35)/t18-,19+,23+. The first-order chi connectivity index (χ1) is 18.6. The smallest absolute Gasteiger partial charge is 0.282 e. The maximum Gasteiger partial charge on any atom is 0.282 e. The number of nitrogens with zero attached hydrogens (tertiary/aromatic N) is 2. The molecule has 0 aliphatic carbocycles. The molecule has 3 aliphatic rings. The van der Waals surface area contributed by atoms with E-state index in [9.17, 15) is 18.0 Å². The van der Waals surface area contributed by atoms with Gasteiger partial charge in [0.2, 0.25) is 5.91 Å². The topological polar surface area (TPSA) is 111 Å². The van der Waals surface area contributed by atoms with Gasteiger partial charge in [-0.2, -0.15) is 17.0 Å². The normalized spacial score (nSPS) is 24.8. The van der Waals surface area contributed by atoms with Crippen molar-refractivity contribution in [3.05, 3.63) is 64.2 Å². The maximum absolute atomic E-state index is 13.7. The number of anilines is 1. The van der Waals surface area contributed by atoms with Crippen LogP contribution in [-0.2, 0) is 28.0 Å². The van der Waals surface area contributed by atoms with Crippen LogP contribution >= 0.6 is 11.6 Å². The molecule has 2 amide bonds. The fourth-order valence-corrected chi connectivity index (χ4v) is 8.37. The van der Waals surface area contributed by atoms with Crippen LogP contribution in [0.15, 0.2) is 42.5 Å². The molecule has 2 saturated heterocycles. The highest BCUT2D eigenvalue weighted by atomic mass is 35.5. The van der Waals surface area contributed by atoms with Crippen molar-refractivity contribution < 1.29 is 18.0 Å². The average molecular weight is 574 g/mol. The van der Waals surface area contributed by atoms with Gasteiger partial charge in [0.05, 0.1) is 17.0 Å². The number of amides is 2. The lowest BCUT2D eigenvalue weighted by molar-refractivity contribution is -0.115. The van der Waals surface area contributed by atoms with Gasteiger partial charge in [-0.05, 0) is 62.8 Å². The molecule has 3 N–H and O–H groups in total. The molecule has 2 fully saturated rings. The van der Waals surface area contributed by atoms with Crippen molar-refractivity contribution in [2.75, 3.05) is 18.4 Å². The number of halogens is 1. The minimum atomic E-state index is -3.63. The Balaban J connectivity index is 1.16. The zero-order chi connectivity index (χ0) is 27.7. The number of benzene rings is 2. The lowest BCUT2D eigenvalue weighted by Gasteiger charge is -2.44. The van der Waals surface area contributed by atoms with Gasteiger partial charge in [0.15, 0.2) is 0 Å². The van der Waals surface area contributed by atoms with Gasteiger partial charge in [0.25, 0.3) is 16.1 Å². The second-order valence-corrected chi connectivity index (χ2v) is 13.2. The van der Waals surface area contributed by atoms with Crippen LogP contribution in [0.5, 0.6) is 0 Å². The van der Waals surface area contributed by atoms with Gasteiger partial charge in [0.1, 0.15) is 0 Å². The van der Waals surface area contributed by atoms with Crippen molar-refractivity contribution >= 4 is 39.3 Å². The van der Waals surface area contributed by atoms with Crippen LogP contribution in [-0.4, -0.2) is 66.1 Å². The monoisotopic (exact) mass is 573 g/mol. The number of nitrogens with one attached hydrogen (secondary N) is 3. The first-order valence-electron chi connectivity index (χ1n) is 13.6. The number of fused-ring (bicyclic) bond motifs is 1. The lowest BCUT2D eigenvalue weighted by Crippen LogP contribution is -2.59. The zero-order valence-electron chi connectivity index (χ0n) is 22.3. The quantitative estimate of drug-likeness (QED) is 0.471. The van der Waals surface area contributed by atoms with Crippen molar-refractivity contribution in [1.82, 2.24) is 19.2 Å². The van der Waals surface area contributed by atoms with E-state index in [1.807, 2.05) is 32.0 Å². The van der Waals surface area contributed by atoms with E-state index in [0.29, 0.717) is 37.2 Å². The van der Waals surface area contributed by atoms with E-state index in [0.717, 1.165) is 24.9 Å². The van der Waals surface area contributed by atoms with Gasteiger partial charge in [-0.25, -0.2) is 0 Å². The summed E-state index contributed by atoms with van der Waals surface area (Å²) in [5.74, 6) is -0.435. The van der Waals surface area contributed by atoms with E-state index in [1.54, 1.807) is 20.7 Å². The highest BCUT2D eigenvalue weighted by Gasteiger charge is 2.42. The summed E-state index contributed by atoms with van der Waals surface area (Å²) in [6.45, 7) is 5.55. The minimum absolute atomic E-state index is 0.123. The highest BCUT2D eigenvalue weighted by Crippen LogP contribution is 2.32. The predicted octanol–water partition coefficient (Wildman–Crippen LogP) is 3.30. The van der Waals surface area contributed by atoms with Crippen LogP contribution in [0.4, 0.5) is 5.69 Å². The van der Waals surface area contributed by atoms with E-state index >= 15 is 0 Å². The Morgan fingerprint density at radius 2 is 1.72 bits per heavy atom. The third kappa shape index (κ3) is 6.15. The Kier molecular flexibility index (Phi) is 8.30. The molecule has 3 aliphatic heterocycles. The van der Waals surface area contributed by atoms with Crippen LogP contribution in [0.1, 0.15) is 61.0 Å². The zero-order valence-corrected chi connectivity index (χ0v) is 23.9. The first-order valence-corrected chi connectivity index (χ1v) is 15.4. The third-order valence-corrected chi connectivity index (χ3v) is 10.6. The van der Waals surface area contributed by atoms with E-state index in [1.165, 1.54) is 5.56 Å². The molecule has 5 rings (SSSR count). The van der Waals surface area contributed by atoms with Crippen LogP contribution in [0.25, 0.3) is 0 Å². The van der Waals surface area contributed by atoms with E-state index in [2.05, 4.69) is 28.1 Å². The molecule has 39 heavy (non-hydrogen) atoms. The molecular weight excluding hydrogens is 538 g/mol. The summed E-state index contributed by atoms with van der Waals surface area (Å²) in [6, 6.07) is 13.0. The molecular formula is C28H36ClN5O4S. The Labute approximate surface area is 235 Å². The molecule has 2 aromatic carbocycles. The molecule has 210 valence electrons. The van der Waals surface area contributed by atoms with Gasteiger partial charge in [-0.1, -0.05) is 41.9 Å². The number of piperidine rings is 2. The second-order valence-electron chi connectivity index (χ2n) is 10.9. The first kappa shape index (κ1) is 28.0. The molecule has 0 aromatic heterocycles. The summed E-state index contributed by atoms with van der Waals surface area (Å²) < 4.78 is 30.6. The summed E-state index contributed by atoms with van der Waals surface area (Å²) in [6.07, 6.45) is 2.77. The van der Waals surface area contributed by atoms with Gasteiger partial charge in [-0.15, -0.1) is 0 Å². The SMILES string of the molecule is C[C@@H]1C[C@H](NC(=O)c2cc3c(cc2Cl)NC(=O)C3)C[C@H](C)N1S(=O)(=O)N1CCC(NCc2ccccc2)CC1. The van der Waals surface area contributed by atoms with Gasteiger partial charge in [0, 0.05) is 49.5 Å². The molecule has 11 heteroatoms. The van der Waals surface area contributed by atoms with Crippen molar-refractivity contribution in [3.63, 3.8) is 0 Å². The maximum atomic E-state index is 13.7. The average Bonchev–Trinajstić information content (AvgIpc) is 3.26. The Bertz CT molecular complexity index is 1320. The van der Waals surface area contributed by atoms with Gasteiger partial charge >= 0.3 is 0 Å². The molecule has 0 saturated carbocycles. The summed E-state index contributed by atoms with van der Waals surface area (Å²) in [5, 5.41) is 9.62. The largest absolute Gasteiger partial charge is 0.349 e. The third-order valence-electron chi connectivity index (χ3n) is 8.00. The van der Waals surface area contributed by atoms with Crippen LogP contribution < -0.4 is 16.0 Å². The van der Waals surface area contributed by atoms with Gasteiger partial charge < -0.3 is 16.0 Å². The fourth-order valence-electron chi connectivity index (χ4n) is 6.10. The fraction of sp³-hybridized carbons (Fsp3) is 0.500. The van der Waals surface area contributed by atoms with E-state index in [4.69, 9.17) is 11.6 Å². The second kappa shape index (κ2) is 11.5. The van der Waals surface area contributed by atoms with Crippen molar-refractivity contribution in [3.8, 4) is 0 Å². The van der Waals surface area contributed by atoms with Crippen molar-refractivity contribution in [2.45, 2.75) is 76.7 Å². The number of rotatable bonds is 7. The molecule has 3 heterocycles.